The number of nitrogens with one attached hydrogen (secondary N) is 1. The number of hydrogen-bond donors (Lipinski definition) is 1. The Bertz CT molecular complexity index is 579. The lowest BCUT2D eigenvalue weighted by atomic mass is 9.77. The van der Waals surface area contributed by atoms with Crippen molar-refractivity contribution in [3.8, 4) is 5.75 Å². The van der Waals surface area contributed by atoms with Gasteiger partial charge in [-0.05, 0) is 12.5 Å². The molecule has 1 spiro atoms. The van der Waals surface area contributed by atoms with Gasteiger partial charge in [0.25, 0.3) is 5.92 Å². The van der Waals surface area contributed by atoms with Gasteiger partial charge in [-0.2, -0.15) is 0 Å². The summed E-state index contributed by atoms with van der Waals surface area (Å²) in [6.07, 6.45) is 0.123. The van der Waals surface area contributed by atoms with Gasteiger partial charge in [-0.3, -0.25) is 9.69 Å². The summed E-state index contributed by atoms with van der Waals surface area (Å²) in [6.45, 7) is 0.887. The molecular weight excluding hydrogens is 290 g/mol. The van der Waals surface area contributed by atoms with Gasteiger partial charge >= 0.3 is 0 Å². The van der Waals surface area contributed by atoms with Crippen LogP contribution in [0.4, 0.5) is 8.78 Å². The highest BCUT2D eigenvalue weighted by molar-refractivity contribution is 5.85. The van der Waals surface area contributed by atoms with Gasteiger partial charge in [0.05, 0.1) is 19.1 Å². The van der Waals surface area contributed by atoms with Crippen LogP contribution in [0.25, 0.3) is 0 Å². The normalized spacial score (nSPS) is 27.9. The molecule has 2 aliphatic rings. The fourth-order valence-electron chi connectivity index (χ4n) is 3.64. The van der Waals surface area contributed by atoms with Crippen LogP contribution in [0.2, 0.25) is 0 Å². The summed E-state index contributed by atoms with van der Waals surface area (Å²) >= 11 is 0. The number of likely N-dealkylation sites (tertiary alicyclic amines) is 1. The smallest absolute Gasteiger partial charge is 0.261 e. The molecule has 4 nitrogen and oxygen atoms in total. The SMILES string of the molecule is COc1ccccc1CN1CC(F)(F)CC2(CCNC2=O)C1. The van der Waals surface area contributed by atoms with E-state index in [0.717, 1.165) is 5.56 Å². The molecule has 1 atom stereocenters. The Labute approximate surface area is 128 Å². The minimum Gasteiger partial charge on any atom is -0.496 e. The molecule has 0 bridgehead atoms. The Morgan fingerprint density at radius 1 is 1.32 bits per heavy atom. The second-order valence-corrected chi connectivity index (χ2v) is 6.28. The van der Waals surface area contributed by atoms with E-state index in [2.05, 4.69) is 5.32 Å². The van der Waals surface area contributed by atoms with Gasteiger partial charge in [0.15, 0.2) is 0 Å². The van der Waals surface area contributed by atoms with Crippen molar-refractivity contribution in [2.24, 2.45) is 5.41 Å². The molecule has 3 rings (SSSR count). The van der Waals surface area contributed by atoms with Gasteiger partial charge in [-0.25, -0.2) is 8.78 Å². The van der Waals surface area contributed by atoms with Gasteiger partial charge < -0.3 is 10.1 Å². The van der Waals surface area contributed by atoms with E-state index >= 15 is 0 Å². The van der Waals surface area contributed by atoms with Crippen LogP contribution in [0.1, 0.15) is 18.4 Å². The number of benzene rings is 1. The lowest BCUT2D eigenvalue weighted by Gasteiger charge is -2.42. The first-order chi connectivity index (χ1) is 10.4. The van der Waals surface area contributed by atoms with Crippen LogP contribution in [0.3, 0.4) is 0 Å². The predicted octanol–water partition coefficient (Wildman–Crippen LogP) is 2.04. The zero-order chi connectivity index (χ0) is 15.8. The molecule has 1 aromatic rings. The third-order valence-corrected chi connectivity index (χ3v) is 4.54. The van der Waals surface area contributed by atoms with Crippen molar-refractivity contribution in [2.75, 3.05) is 26.7 Å². The molecule has 2 fully saturated rings. The van der Waals surface area contributed by atoms with E-state index in [1.54, 1.807) is 12.0 Å². The van der Waals surface area contributed by atoms with Crippen molar-refractivity contribution in [3.63, 3.8) is 0 Å². The van der Waals surface area contributed by atoms with Gasteiger partial charge in [0.2, 0.25) is 5.91 Å². The maximum Gasteiger partial charge on any atom is 0.261 e. The summed E-state index contributed by atoms with van der Waals surface area (Å²) in [7, 11) is 1.57. The molecule has 0 aliphatic carbocycles. The maximum absolute atomic E-state index is 14.2. The highest BCUT2D eigenvalue weighted by Gasteiger charge is 2.54. The van der Waals surface area contributed by atoms with Crippen molar-refractivity contribution in [2.45, 2.75) is 25.3 Å². The van der Waals surface area contributed by atoms with Gasteiger partial charge in [0.1, 0.15) is 5.75 Å². The summed E-state index contributed by atoms with van der Waals surface area (Å²) < 4.78 is 33.6. The van der Waals surface area contributed by atoms with E-state index in [4.69, 9.17) is 4.74 Å². The number of hydrogen-bond acceptors (Lipinski definition) is 3. The number of carbonyl (C=O) groups is 1. The molecule has 2 heterocycles. The monoisotopic (exact) mass is 310 g/mol. The van der Waals surface area contributed by atoms with Gasteiger partial charge in [-0.15, -0.1) is 0 Å². The highest BCUT2D eigenvalue weighted by Crippen LogP contribution is 2.43. The van der Waals surface area contributed by atoms with E-state index in [1.165, 1.54) is 0 Å². The second kappa shape index (κ2) is 5.50. The van der Waals surface area contributed by atoms with Crippen molar-refractivity contribution < 1.29 is 18.3 Å². The highest BCUT2D eigenvalue weighted by atomic mass is 19.3. The number of para-hydroxylation sites is 1. The first-order valence-electron chi connectivity index (χ1n) is 7.45. The number of ether oxygens (including phenoxy) is 1. The van der Waals surface area contributed by atoms with E-state index in [0.29, 0.717) is 31.8 Å². The van der Waals surface area contributed by atoms with Crippen molar-refractivity contribution >= 4 is 5.91 Å². The van der Waals surface area contributed by atoms with Crippen LogP contribution in [0, 0.1) is 5.41 Å². The number of carbonyl (C=O) groups excluding carboxylic acids is 1. The third kappa shape index (κ3) is 2.79. The third-order valence-electron chi connectivity index (χ3n) is 4.54. The number of piperidine rings is 1. The van der Waals surface area contributed by atoms with Crippen LogP contribution in [0.15, 0.2) is 24.3 Å². The fraction of sp³-hybridized carbons (Fsp3) is 0.562. The number of alkyl halides is 2. The topological polar surface area (TPSA) is 41.6 Å². The number of halogens is 2. The van der Waals surface area contributed by atoms with E-state index in [-0.39, 0.29) is 18.9 Å². The van der Waals surface area contributed by atoms with E-state index < -0.39 is 11.3 Å². The lowest BCUT2D eigenvalue weighted by Crippen LogP contribution is -2.54. The van der Waals surface area contributed by atoms with Crippen molar-refractivity contribution in [3.05, 3.63) is 29.8 Å². The molecule has 0 saturated carbocycles. The first kappa shape index (κ1) is 15.2. The summed E-state index contributed by atoms with van der Waals surface area (Å²) in [5.41, 5.74) is -0.0970. The summed E-state index contributed by atoms with van der Waals surface area (Å²) in [5, 5.41) is 2.70. The molecule has 1 N–H and O–H groups in total. The molecule has 0 aromatic heterocycles. The Morgan fingerprint density at radius 3 is 2.77 bits per heavy atom. The zero-order valence-corrected chi connectivity index (χ0v) is 12.6. The quantitative estimate of drug-likeness (QED) is 0.929. The molecule has 1 unspecified atom stereocenters. The molecule has 22 heavy (non-hydrogen) atoms. The second-order valence-electron chi connectivity index (χ2n) is 6.28. The number of nitrogens with zero attached hydrogens (tertiary/aromatic N) is 1. The average Bonchev–Trinajstić information content (AvgIpc) is 2.77. The van der Waals surface area contributed by atoms with E-state index in [1.807, 2.05) is 24.3 Å². The molecule has 2 aliphatic heterocycles. The molecule has 6 heteroatoms. The molecule has 1 amide bonds. The van der Waals surface area contributed by atoms with Crippen molar-refractivity contribution in [1.82, 2.24) is 10.2 Å². The van der Waals surface area contributed by atoms with E-state index in [9.17, 15) is 13.6 Å². The number of amides is 1. The Balaban J connectivity index is 1.83. The average molecular weight is 310 g/mol. The largest absolute Gasteiger partial charge is 0.496 e. The molecular formula is C16H20F2N2O2. The predicted molar refractivity (Wildman–Crippen MR) is 77.9 cm³/mol. The standard InChI is InChI=1S/C16H20F2N2O2/c1-22-13-5-3-2-4-12(13)8-20-10-15(6-7-19-14(15)21)9-16(17,18)11-20/h2-5H,6-11H2,1H3,(H,19,21). The van der Waals surface area contributed by atoms with Crippen LogP contribution < -0.4 is 10.1 Å². The summed E-state index contributed by atoms with van der Waals surface area (Å²) in [6, 6.07) is 7.39. The lowest BCUT2D eigenvalue weighted by molar-refractivity contribution is -0.149. The number of methoxy groups -OCH3 is 1. The molecule has 2 saturated heterocycles. The van der Waals surface area contributed by atoms with Gasteiger partial charge in [0, 0.05) is 31.6 Å². The molecule has 1 aromatic carbocycles. The molecule has 120 valence electrons. The zero-order valence-electron chi connectivity index (χ0n) is 12.6. The van der Waals surface area contributed by atoms with Gasteiger partial charge in [-0.1, -0.05) is 18.2 Å². The van der Waals surface area contributed by atoms with Crippen LogP contribution >= 0.6 is 0 Å². The first-order valence-corrected chi connectivity index (χ1v) is 7.45. The fourth-order valence-corrected chi connectivity index (χ4v) is 3.64. The molecule has 0 radical (unpaired) electrons. The van der Waals surface area contributed by atoms with Crippen LogP contribution in [-0.4, -0.2) is 43.5 Å². The van der Waals surface area contributed by atoms with Crippen molar-refractivity contribution in [1.29, 1.82) is 0 Å². The van der Waals surface area contributed by atoms with Crippen LogP contribution in [-0.2, 0) is 11.3 Å². The number of rotatable bonds is 3. The Hall–Kier alpha value is -1.69. The minimum absolute atomic E-state index is 0.239. The summed E-state index contributed by atoms with van der Waals surface area (Å²) in [5.74, 6) is -2.40. The van der Waals surface area contributed by atoms with Crippen LogP contribution in [0.5, 0.6) is 5.75 Å². The summed E-state index contributed by atoms with van der Waals surface area (Å²) in [4.78, 5) is 13.7. The minimum atomic E-state index is -2.85. The maximum atomic E-state index is 14.2. The Morgan fingerprint density at radius 2 is 2.09 bits per heavy atom. The Kier molecular flexibility index (Phi) is 3.80.